The summed E-state index contributed by atoms with van der Waals surface area (Å²) in [5, 5.41) is 20.5. The van der Waals surface area contributed by atoms with E-state index >= 15 is 0 Å². The molecule has 6 nitrogen and oxygen atoms in total. The van der Waals surface area contributed by atoms with Gasteiger partial charge in [-0.2, -0.15) is 0 Å². The van der Waals surface area contributed by atoms with Gasteiger partial charge in [-0.05, 0) is 43.4 Å². The molecular weight excluding hydrogens is 272 g/mol. The Hall–Kier alpha value is -1.66. The van der Waals surface area contributed by atoms with Crippen LogP contribution >= 0.6 is 0 Å². The van der Waals surface area contributed by atoms with Crippen LogP contribution < -0.4 is 4.90 Å². The number of ether oxygens (including phenoxy) is 1. The maximum absolute atomic E-state index is 11.2. The molecule has 0 aromatic heterocycles. The fourth-order valence-electron chi connectivity index (χ4n) is 2.78. The largest absolute Gasteiger partial charge is 0.392 e. The molecule has 0 radical (unpaired) electrons. The standard InChI is InChI=1S/C15H22N2O4/c1-2-21-11-13-4-3-7-16(9-13)15-8-12(10-18)5-6-14(15)17(19)20/h5-6,8,13,18H,2-4,7,9-11H2,1H3. The number of aliphatic hydroxyl groups is 1. The van der Waals surface area contributed by atoms with Gasteiger partial charge in [-0.3, -0.25) is 10.1 Å². The van der Waals surface area contributed by atoms with E-state index in [9.17, 15) is 15.2 Å². The van der Waals surface area contributed by atoms with E-state index in [-0.39, 0.29) is 17.2 Å². The number of nitro groups is 1. The smallest absolute Gasteiger partial charge is 0.292 e. The lowest BCUT2D eigenvalue weighted by molar-refractivity contribution is -0.384. The second-order valence-corrected chi connectivity index (χ2v) is 5.35. The third-order valence-corrected chi connectivity index (χ3v) is 3.84. The number of nitro benzene ring substituents is 1. The Morgan fingerprint density at radius 2 is 2.33 bits per heavy atom. The Bertz CT molecular complexity index is 493. The monoisotopic (exact) mass is 294 g/mol. The molecule has 0 saturated carbocycles. The van der Waals surface area contributed by atoms with Crippen molar-refractivity contribution >= 4 is 11.4 Å². The molecule has 21 heavy (non-hydrogen) atoms. The first kappa shape index (κ1) is 15.7. The minimum Gasteiger partial charge on any atom is -0.392 e. The normalized spacial score (nSPS) is 18.8. The topological polar surface area (TPSA) is 75.8 Å². The van der Waals surface area contributed by atoms with Gasteiger partial charge in [0.05, 0.1) is 18.1 Å². The van der Waals surface area contributed by atoms with E-state index in [0.717, 1.165) is 25.9 Å². The van der Waals surface area contributed by atoms with E-state index in [1.807, 2.05) is 11.8 Å². The van der Waals surface area contributed by atoms with Crippen LogP contribution in [-0.4, -0.2) is 36.3 Å². The second-order valence-electron chi connectivity index (χ2n) is 5.35. The Morgan fingerprint density at radius 1 is 1.52 bits per heavy atom. The Morgan fingerprint density at radius 3 is 3.00 bits per heavy atom. The molecule has 0 amide bonds. The van der Waals surface area contributed by atoms with Gasteiger partial charge in [0.2, 0.25) is 0 Å². The highest BCUT2D eigenvalue weighted by atomic mass is 16.6. The summed E-state index contributed by atoms with van der Waals surface area (Å²) in [6, 6.07) is 4.80. The zero-order chi connectivity index (χ0) is 15.2. The number of hydrogen-bond acceptors (Lipinski definition) is 5. The molecule has 6 heteroatoms. The van der Waals surface area contributed by atoms with Crippen LogP contribution in [0, 0.1) is 16.0 Å². The minimum absolute atomic E-state index is 0.101. The van der Waals surface area contributed by atoms with Crippen LogP contribution in [0.25, 0.3) is 0 Å². The van der Waals surface area contributed by atoms with Gasteiger partial charge in [0.25, 0.3) is 5.69 Å². The first-order valence-electron chi connectivity index (χ1n) is 7.36. The zero-order valence-corrected chi connectivity index (χ0v) is 12.3. The van der Waals surface area contributed by atoms with Crippen molar-refractivity contribution in [2.24, 2.45) is 5.92 Å². The zero-order valence-electron chi connectivity index (χ0n) is 12.3. The summed E-state index contributed by atoms with van der Waals surface area (Å²) >= 11 is 0. The highest BCUT2D eigenvalue weighted by Gasteiger charge is 2.25. The number of nitrogens with zero attached hydrogens (tertiary/aromatic N) is 2. The molecule has 0 spiro atoms. The third kappa shape index (κ3) is 3.92. The first-order valence-corrected chi connectivity index (χ1v) is 7.36. The van der Waals surface area contributed by atoms with E-state index < -0.39 is 0 Å². The third-order valence-electron chi connectivity index (χ3n) is 3.84. The molecule has 1 N–H and O–H groups in total. The predicted octanol–water partition coefficient (Wildman–Crippen LogP) is 2.34. The van der Waals surface area contributed by atoms with E-state index in [4.69, 9.17) is 4.74 Å². The summed E-state index contributed by atoms with van der Waals surface area (Å²) in [6.45, 7) is 4.81. The van der Waals surface area contributed by atoms with E-state index in [1.54, 1.807) is 12.1 Å². The Balaban J connectivity index is 2.20. The second kappa shape index (κ2) is 7.38. The molecule has 1 fully saturated rings. The SMILES string of the molecule is CCOCC1CCCN(c2cc(CO)ccc2[N+](=O)[O-])C1. The number of rotatable bonds is 6. The summed E-state index contributed by atoms with van der Waals surface area (Å²) < 4.78 is 5.48. The summed E-state index contributed by atoms with van der Waals surface area (Å²) in [5.41, 5.74) is 1.40. The number of hydrogen-bond donors (Lipinski definition) is 1. The molecule has 116 valence electrons. The average molecular weight is 294 g/mol. The quantitative estimate of drug-likeness (QED) is 0.644. The molecule has 1 aliphatic heterocycles. The van der Waals surface area contributed by atoms with E-state index in [0.29, 0.717) is 30.4 Å². The van der Waals surface area contributed by atoms with E-state index in [1.165, 1.54) is 6.07 Å². The Kier molecular flexibility index (Phi) is 5.52. The minimum atomic E-state index is -0.358. The Labute approximate surface area is 124 Å². The van der Waals surface area contributed by atoms with Crippen LogP contribution in [0.4, 0.5) is 11.4 Å². The number of benzene rings is 1. The van der Waals surface area contributed by atoms with Gasteiger partial charge >= 0.3 is 0 Å². The molecule has 1 heterocycles. The number of anilines is 1. The van der Waals surface area contributed by atoms with Gasteiger partial charge in [0.1, 0.15) is 5.69 Å². The van der Waals surface area contributed by atoms with Crippen molar-refractivity contribution in [3.63, 3.8) is 0 Å². The van der Waals surface area contributed by atoms with Crippen molar-refractivity contribution in [2.75, 3.05) is 31.2 Å². The van der Waals surface area contributed by atoms with Gasteiger partial charge < -0.3 is 14.7 Å². The highest BCUT2D eigenvalue weighted by molar-refractivity contribution is 5.64. The molecule has 1 saturated heterocycles. The predicted molar refractivity (Wildman–Crippen MR) is 80.4 cm³/mol. The molecule has 1 aromatic rings. The summed E-state index contributed by atoms with van der Waals surface area (Å²) in [5.74, 6) is 0.399. The van der Waals surface area contributed by atoms with Crippen LogP contribution in [0.2, 0.25) is 0 Å². The molecule has 2 rings (SSSR count). The molecule has 1 aromatic carbocycles. The van der Waals surface area contributed by atoms with Crippen LogP contribution in [0.1, 0.15) is 25.3 Å². The molecule has 0 aliphatic carbocycles. The highest BCUT2D eigenvalue weighted by Crippen LogP contribution is 2.32. The van der Waals surface area contributed by atoms with Gasteiger partial charge in [-0.1, -0.05) is 0 Å². The average Bonchev–Trinajstić information content (AvgIpc) is 2.52. The van der Waals surface area contributed by atoms with Crippen molar-refractivity contribution < 1.29 is 14.8 Å². The van der Waals surface area contributed by atoms with Gasteiger partial charge in [-0.25, -0.2) is 0 Å². The summed E-state index contributed by atoms with van der Waals surface area (Å²) in [4.78, 5) is 12.9. The lowest BCUT2D eigenvalue weighted by atomic mass is 9.98. The first-order chi connectivity index (χ1) is 10.2. The summed E-state index contributed by atoms with van der Waals surface area (Å²) in [7, 11) is 0. The van der Waals surface area contributed by atoms with Crippen LogP contribution in [0.3, 0.4) is 0 Å². The van der Waals surface area contributed by atoms with Crippen molar-refractivity contribution in [1.82, 2.24) is 0 Å². The summed E-state index contributed by atoms with van der Waals surface area (Å²) in [6.07, 6.45) is 2.09. The number of piperidine rings is 1. The van der Waals surface area contributed by atoms with Gasteiger partial charge in [-0.15, -0.1) is 0 Å². The van der Waals surface area contributed by atoms with Crippen molar-refractivity contribution in [2.45, 2.75) is 26.4 Å². The van der Waals surface area contributed by atoms with Gasteiger partial charge in [0, 0.05) is 25.8 Å². The number of aliphatic hydroxyl groups excluding tert-OH is 1. The molecule has 1 aliphatic rings. The van der Waals surface area contributed by atoms with Crippen molar-refractivity contribution in [1.29, 1.82) is 0 Å². The fraction of sp³-hybridized carbons (Fsp3) is 0.600. The lowest BCUT2D eigenvalue weighted by Crippen LogP contribution is -2.37. The van der Waals surface area contributed by atoms with Crippen molar-refractivity contribution in [3.05, 3.63) is 33.9 Å². The molecular formula is C15H22N2O4. The van der Waals surface area contributed by atoms with E-state index in [2.05, 4.69) is 0 Å². The lowest BCUT2D eigenvalue weighted by Gasteiger charge is -2.34. The molecule has 0 bridgehead atoms. The fourth-order valence-corrected chi connectivity index (χ4v) is 2.78. The maximum Gasteiger partial charge on any atom is 0.292 e. The van der Waals surface area contributed by atoms with Crippen LogP contribution in [0.5, 0.6) is 0 Å². The van der Waals surface area contributed by atoms with Crippen LogP contribution in [-0.2, 0) is 11.3 Å². The maximum atomic E-state index is 11.2. The molecule has 1 unspecified atom stereocenters. The van der Waals surface area contributed by atoms with Crippen molar-refractivity contribution in [3.8, 4) is 0 Å². The molecule has 1 atom stereocenters. The van der Waals surface area contributed by atoms with Gasteiger partial charge in [0.15, 0.2) is 0 Å². The van der Waals surface area contributed by atoms with Crippen LogP contribution in [0.15, 0.2) is 18.2 Å².